The predicted molar refractivity (Wildman–Crippen MR) is 113 cm³/mol. The topological polar surface area (TPSA) is 111 Å². The van der Waals surface area contributed by atoms with E-state index in [1.807, 2.05) is 44.2 Å². The lowest BCUT2D eigenvalue weighted by Crippen LogP contribution is -2.46. The number of rotatable bonds is 9. The molecule has 158 valence electrons. The number of carbonyl (C=O) groups excluding carboxylic acids is 1. The molecule has 1 heterocycles. The lowest BCUT2D eigenvalue weighted by molar-refractivity contribution is 0.0797. The number of carbonyl (C=O) groups is 1. The summed E-state index contributed by atoms with van der Waals surface area (Å²) >= 11 is 0. The van der Waals surface area contributed by atoms with Crippen LogP contribution in [-0.2, 0) is 13.1 Å². The highest BCUT2D eigenvalue weighted by atomic mass is 16.3. The number of hydrogen-bond acceptors (Lipinski definition) is 6. The zero-order valence-electron chi connectivity index (χ0n) is 17.5. The minimum Gasteiger partial charge on any atom is -0.392 e. The number of Topliss-reactive ketones (excluding diaryl/α,β-unsaturated/α-hetero) is 1. The van der Waals surface area contributed by atoms with Crippen molar-refractivity contribution in [3.8, 4) is 0 Å². The van der Waals surface area contributed by atoms with E-state index in [0.717, 1.165) is 10.1 Å². The van der Waals surface area contributed by atoms with Gasteiger partial charge in [-0.05, 0) is 33.3 Å². The maximum Gasteiger partial charge on any atom is 0.332 e. The molecule has 0 bridgehead atoms. The van der Waals surface area contributed by atoms with Crippen LogP contribution in [0.3, 0.4) is 0 Å². The zero-order chi connectivity index (χ0) is 21.7. The molecule has 3 N–H and O–H groups in total. The fourth-order valence-electron chi connectivity index (χ4n) is 3.24. The van der Waals surface area contributed by atoms with Crippen LogP contribution in [0, 0.1) is 0 Å². The van der Waals surface area contributed by atoms with Gasteiger partial charge in [0.15, 0.2) is 5.78 Å². The molecule has 8 heteroatoms. The minimum atomic E-state index is -0.676. The van der Waals surface area contributed by atoms with Gasteiger partial charge in [-0.1, -0.05) is 30.3 Å². The van der Waals surface area contributed by atoms with Gasteiger partial charge in [0.05, 0.1) is 19.2 Å². The molecule has 1 aromatic carbocycles. The normalized spacial score (nSPS) is 12.5. The number of benzene rings is 1. The van der Waals surface area contributed by atoms with E-state index >= 15 is 0 Å². The van der Waals surface area contributed by atoms with Crippen LogP contribution in [0.1, 0.15) is 43.6 Å². The highest BCUT2D eigenvalue weighted by molar-refractivity contribution is 6.01. The minimum absolute atomic E-state index is 0.0154. The van der Waals surface area contributed by atoms with Gasteiger partial charge < -0.3 is 10.8 Å². The number of aromatic nitrogens is 2. The van der Waals surface area contributed by atoms with Crippen molar-refractivity contribution in [2.24, 2.45) is 0 Å². The molecule has 0 saturated heterocycles. The van der Waals surface area contributed by atoms with Crippen molar-refractivity contribution < 1.29 is 9.90 Å². The number of nitrogens with two attached hydrogens (primary N) is 1. The second-order valence-corrected chi connectivity index (χ2v) is 7.46. The van der Waals surface area contributed by atoms with Gasteiger partial charge in [-0.3, -0.25) is 23.6 Å². The second kappa shape index (κ2) is 9.67. The molecule has 0 spiro atoms. The third-order valence-electron chi connectivity index (χ3n) is 4.82. The molecule has 8 nitrogen and oxygen atoms in total. The lowest BCUT2D eigenvalue weighted by atomic mass is 10.1. The van der Waals surface area contributed by atoms with E-state index in [1.54, 1.807) is 18.7 Å². The van der Waals surface area contributed by atoms with Gasteiger partial charge in [-0.25, -0.2) is 4.79 Å². The summed E-state index contributed by atoms with van der Waals surface area (Å²) in [6.45, 7) is 7.62. The average Bonchev–Trinajstić information content (AvgIpc) is 2.65. The summed E-state index contributed by atoms with van der Waals surface area (Å²) in [6.07, 6.45) is -0.623. The summed E-state index contributed by atoms with van der Waals surface area (Å²) in [4.78, 5) is 40.4. The molecule has 0 aliphatic heterocycles. The summed E-state index contributed by atoms with van der Waals surface area (Å²) < 4.78 is 2.29. The average molecular weight is 402 g/mol. The van der Waals surface area contributed by atoms with E-state index in [-0.39, 0.29) is 43.6 Å². The number of nitrogen functional groups attached to an aromatic ring is 1. The fraction of sp³-hybridized carbons (Fsp3) is 0.476. The van der Waals surface area contributed by atoms with Gasteiger partial charge >= 0.3 is 5.69 Å². The van der Waals surface area contributed by atoms with Crippen LogP contribution >= 0.6 is 0 Å². The first-order chi connectivity index (χ1) is 13.7. The third kappa shape index (κ3) is 5.21. The molecule has 0 fully saturated rings. The Hall–Kier alpha value is -2.71. The first-order valence-electron chi connectivity index (χ1n) is 9.79. The summed E-state index contributed by atoms with van der Waals surface area (Å²) in [5, 5.41) is 9.70. The van der Waals surface area contributed by atoms with Crippen molar-refractivity contribution in [2.75, 3.05) is 18.8 Å². The first kappa shape index (κ1) is 22.6. The van der Waals surface area contributed by atoms with Crippen molar-refractivity contribution in [2.45, 2.75) is 52.9 Å². The Balaban J connectivity index is 2.53. The second-order valence-electron chi connectivity index (χ2n) is 7.46. The van der Waals surface area contributed by atoms with Crippen LogP contribution in [0.5, 0.6) is 0 Å². The number of aliphatic hydroxyl groups excluding tert-OH is 1. The smallest absolute Gasteiger partial charge is 0.332 e. The quantitative estimate of drug-likeness (QED) is 0.604. The Labute approximate surface area is 170 Å². The van der Waals surface area contributed by atoms with Crippen molar-refractivity contribution in [3.63, 3.8) is 0 Å². The Morgan fingerprint density at radius 1 is 1.14 bits per heavy atom. The fourth-order valence-corrected chi connectivity index (χ4v) is 3.24. The third-order valence-corrected chi connectivity index (χ3v) is 4.82. The molecule has 0 aliphatic rings. The number of nitrogens with zero attached hydrogens (tertiary/aromatic N) is 3. The molecule has 2 aromatic rings. The number of anilines is 1. The largest absolute Gasteiger partial charge is 0.392 e. The van der Waals surface area contributed by atoms with E-state index in [0.29, 0.717) is 0 Å². The summed E-state index contributed by atoms with van der Waals surface area (Å²) in [5.41, 5.74) is 5.60. The van der Waals surface area contributed by atoms with Gasteiger partial charge in [0, 0.05) is 19.1 Å². The predicted octanol–water partition coefficient (Wildman–Crippen LogP) is 0.934. The SMILES string of the molecule is CCn1c(=O)c(C(=O)CN(CC(C)O)C(C)C)c(N)n(Cc2ccccc2)c1=O. The van der Waals surface area contributed by atoms with E-state index in [4.69, 9.17) is 5.73 Å². The maximum atomic E-state index is 13.0. The van der Waals surface area contributed by atoms with Crippen LogP contribution in [0.25, 0.3) is 0 Å². The van der Waals surface area contributed by atoms with E-state index < -0.39 is 23.1 Å². The highest BCUT2D eigenvalue weighted by Gasteiger charge is 2.25. The van der Waals surface area contributed by atoms with Gasteiger partial charge in [0.25, 0.3) is 5.56 Å². The summed E-state index contributed by atoms with van der Waals surface area (Å²) in [7, 11) is 0. The molecular weight excluding hydrogens is 372 g/mol. The molecule has 0 saturated carbocycles. The van der Waals surface area contributed by atoms with E-state index in [1.165, 1.54) is 4.57 Å². The summed E-state index contributed by atoms with van der Waals surface area (Å²) in [5.74, 6) is -0.592. The maximum absolute atomic E-state index is 13.0. The molecule has 0 radical (unpaired) electrons. The Morgan fingerprint density at radius 2 is 1.76 bits per heavy atom. The Bertz CT molecular complexity index is 961. The van der Waals surface area contributed by atoms with Crippen molar-refractivity contribution in [1.29, 1.82) is 0 Å². The van der Waals surface area contributed by atoms with Gasteiger partial charge in [-0.2, -0.15) is 0 Å². The molecule has 0 aliphatic carbocycles. The first-order valence-corrected chi connectivity index (χ1v) is 9.79. The van der Waals surface area contributed by atoms with Crippen molar-refractivity contribution in [1.82, 2.24) is 14.0 Å². The van der Waals surface area contributed by atoms with Gasteiger partial charge in [-0.15, -0.1) is 0 Å². The highest BCUT2D eigenvalue weighted by Crippen LogP contribution is 2.11. The Morgan fingerprint density at radius 3 is 2.28 bits per heavy atom. The number of hydrogen-bond donors (Lipinski definition) is 2. The van der Waals surface area contributed by atoms with Crippen LogP contribution in [0.2, 0.25) is 0 Å². The zero-order valence-corrected chi connectivity index (χ0v) is 17.5. The molecular formula is C21H30N4O4. The number of aliphatic hydroxyl groups is 1. The molecule has 1 atom stereocenters. The van der Waals surface area contributed by atoms with E-state index in [2.05, 4.69) is 0 Å². The van der Waals surface area contributed by atoms with E-state index in [9.17, 15) is 19.5 Å². The molecule has 2 rings (SSSR count). The standard InChI is InChI=1S/C21H30N4O4/c1-5-24-20(28)18(17(27)13-23(14(2)3)11-15(4)26)19(22)25(21(24)29)12-16-9-7-6-8-10-16/h6-10,14-15,26H,5,11-13,22H2,1-4H3. The van der Waals surface area contributed by atoms with Crippen LogP contribution in [0.15, 0.2) is 39.9 Å². The summed E-state index contributed by atoms with van der Waals surface area (Å²) in [6, 6.07) is 9.22. The van der Waals surface area contributed by atoms with Gasteiger partial charge in [0.1, 0.15) is 11.4 Å². The monoisotopic (exact) mass is 402 g/mol. The number of ketones is 1. The van der Waals surface area contributed by atoms with Crippen LogP contribution in [0.4, 0.5) is 5.82 Å². The molecule has 29 heavy (non-hydrogen) atoms. The van der Waals surface area contributed by atoms with Crippen LogP contribution < -0.4 is 17.0 Å². The van der Waals surface area contributed by atoms with Crippen LogP contribution in [-0.4, -0.2) is 50.2 Å². The molecule has 1 aromatic heterocycles. The lowest BCUT2D eigenvalue weighted by Gasteiger charge is -2.27. The molecule has 1 unspecified atom stereocenters. The van der Waals surface area contributed by atoms with Gasteiger partial charge in [0.2, 0.25) is 0 Å². The van der Waals surface area contributed by atoms with Crippen molar-refractivity contribution >= 4 is 11.6 Å². The molecule has 0 amide bonds. The Kier molecular flexibility index (Phi) is 7.53. The van der Waals surface area contributed by atoms with Crippen molar-refractivity contribution in [3.05, 3.63) is 62.3 Å².